The van der Waals surface area contributed by atoms with Crippen LogP contribution in [0.1, 0.15) is 46.3 Å². The first-order valence-corrected chi connectivity index (χ1v) is 14.3. The Bertz CT molecular complexity index is 1530. The van der Waals surface area contributed by atoms with Crippen LogP contribution in [0.25, 0.3) is 6.08 Å². The predicted molar refractivity (Wildman–Crippen MR) is 158 cm³/mol. The largest absolute Gasteiger partial charge is 0.493 e. The molecule has 2 aliphatic rings. The number of carbonyl (C=O) groups is 3. The molecule has 0 unspecified atom stereocenters. The summed E-state index contributed by atoms with van der Waals surface area (Å²) in [6, 6.07) is 18.4. The summed E-state index contributed by atoms with van der Waals surface area (Å²) in [6.07, 6.45) is 4.88. The Morgan fingerprint density at radius 2 is 1.64 bits per heavy atom. The minimum absolute atomic E-state index is 0.0174. The van der Waals surface area contributed by atoms with Crippen molar-refractivity contribution in [1.82, 2.24) is 9.80 Å². The van der Waals surface area contributed by atoms with Gasteiger partial charge in [0.2, 0.25) is 0 Å². The molecule has 0 aromatic heterocycles. The summed E-state index contributed by atoms with van der Waals surface area (Å²) in [5, 5.41) is 10.5. The molecule has 2 saturated heterocycles. The summed E-state index contributed by atoms with van der Waals surface area (Å²) in [5.74, 6) is 0.591. The summed E-state index contributed by atoms with van der Waals surface area (Å²) in [6.45, 7) is 1.90. The summed E-state index contributed by atoms with van der Waals surface area (Å²) in [7, 11) is 1.52. The van der Waals surface area contributed by atoms with Crippen LogP contribution in [0, 0.1) is 10.1 Å². The molecule has 10 nitrogen and oxygen atoms in total. The van der Waals surface area contributed by atoms with Crippen molar-refractivity contribution in [3.8, 4) is 11.5 Å². The van der Waals surface area contributed by atoms with E-state index in [-0.39, 0.29) is 29.7 Å². The van der Waals surface area contributed by atoms with Crippen LogP contribution in [-0.4, -0.2) is 52.0 Å². The van der Waals surface area contributed by atoms with Crippen LogP contribution < -0.4 is 9.47 Å². The molecular weight excluding hydrogens is 558 g/mol. The molecule has 11 heteroatoms. The summed E-state index contributed by atoms with van der Waals surface area (Å²) in [5.41, 5.74) is 2.76. The standard InChI is InChI=1S/C31H29N3O7S/c1-40-27-17-23(18-28-30(36)33(31(37)42-28)19-21-7-12-25(13-8-21)34(38)39)9-14-26(27)41-20-22-5-10-24(11-6-22)29(35)32-15-3-2-4-16-32/h5-14,17-18H,2-4,15-16,19-20H2,1H3/b28-18-. The van der Waals surface area contributed by atoms with Gasteiger partial charge in [0.25, 0.3) is 22.7 Å². The van der Waals surface area contributed by atoms with Gasteiger partial charge in [-0.2, -0.15) is 0 Å². The minimum atomic E-state index is -0.505. The maximum atomic E-state index is 13.0. The Balaban J connectivity index is 1.21. The van der Waals surface area contributed by atoms with E-state index in [9.17, 15) is 24.5 Å². The molecule has 0 atom stereocenters. The maximum absolute atomic E-state index is 13.0. The van der Waals surface area contributed by atoms with Crippen LogP contribution in [0.2, 0.25) is 0 Å². The van der Waals surface area contributed by atoms with Crippen LogP contribution in [0.4, 0.5) is 10.5 Å². The average Bonchev–Trinajstić information content (AvgIpc) is 3.28. The number of non-ortho nitro benzene ring substituents is 1. The number of hydrogen-bond donors (Lipinski definition) is 0. The van der Waals surface area contributed by atoms with Crippen LogP contribution in [0.3, 0.4) is 0 Å². The number of nitrogens with zero attached hydrogens (tertiary/aromatic N) is 3. The zero-order valence-corrected chi connectivity index (χ0v) is 23.8. The molecule has 0 N–H and O–H groups in total. The number of likely N-dealkylation sites (tertiary alicyclic amines) is 1. The van der Waals surface area contributed by atoms with Gasteiger partial charge >= 0.3 is 0 Å². The number of nitro groups is 1. The van der Waals surface area contributed by atoms with E-state index in [0.717, 1.165) is 48.2 Å². The van der Waals surface area contributed by atoms with Gasteiger partial charge in [0.05, 0.1) is 23.5 Å². The van der Waals surface area contributed by atoms with Crippen molar-refractivity contribution in [3.05, 3.63) is 104 Å². The number of amides is 3. The lowest BCUT2D eigenvalue weighted by Crippen LogP contribution is -2.35. The maximum Gasteiger partial charge on any atom is 0.293 e. The molecule has 0 spiro atoms. The highest BCUT2D eigenvalue weighted by Crippen LogP contribution is 2.35. The van der Waals surface area contributed by atoms with Crippen LogP contribution >= 0.6 is 11.8 Å². The van der Waals surface area contributed by atoms with Gasteiger partial charge in [0.15, 0.2) is 11.5 Å². The van der Waals surface area contributed by atoms with Gasteiger partial charge in [-0.1, -0.05) is 30.3 Å². The van der Waals surface area contributed by atoms with E-state index in [2.05, 4.69) is 0 Å². The second-order valence-corrected chi connectivity index (χ2v) is 10.9. The minimum Gasteiger partial charge on any atom is -0.493 e. The second-order valence-electron chi connectivity index (χ2n) is 9.94. The number of thioether (sulfide) groups is 1. The van der Waals surface area contributed by atoms with Gasteiger partial charge in [-0.15, -0.1) is 0 Å². The highest BCUT2D eigenvalue weighted by Gasteiger charge is 2.35. The zero-order valence-electron chi connectivity index (χ0n) is 23.0. The van der Waals surface area contributed by atoms with Gasteiger partial charge in [0.1, 0.15) is 6.61 Å². The Morgan fingerprint density at radius 3 is 2.31 bits per heavy atom. The Hall–Kier alpha value is -4.64. The van der Waals surface area contributed by atoms with Crippen molar-refractivity contribution in [3.63, 3.8) is 0 Å². The lowest BCUT2D eigenvalue weighted by Gasteiger charge is -2.26. The number of carbonyl (C=O) groups excluding carboxylic acids is 3. The number of imide groups is 1. The zero-order chi connectivity index (χ0) is 29.6. The number of nitro benzene ring substituents is 1. The van der Waals surface area contributed by atoms with Crippen molar-refractivity contribution < 1.29 is 28.8 Å². The third kappa shape index (κ3) is 6.63. The SMILES string of the molecule is COc1cc(/C=C2\SC(=O)N(Cc3ccc([N+](=O)[O-])cc3)C2=O)ccc1OCc1ccc(C(=O)N2CCCCC2)cc1. The molecule has 3 aromatic carbocycles. The molecule has 2 aliphatic heterocycles. The lowest BCUT2D eigenvalue weighted by molar-refractivity contribution is -0.384. The quantitative estimate of drug-likeness (QED) is 0.169. The predicted octanol–water partition coefficient (Wildman–Crippen LogP) is 6.05. The third-order valence-corrected chi connectivity index (χ3v) is 7.99. The third-order valence-electron chi connectivity index (χ3n) is 7.09. The van der Waals surface area contributed by atoms with E-state index < -0.39 is 16.1 Å². The highest BCUT2D eigenvalue weighted by molar-refractivity contribution is 8.18. The van der Waals surface area contributed by atoms with Crippen molar-refractivity contribution in [2.45, 2.75) is 32.4 Å². The summed E-state index contributed by atoms with van der Waals surface area (Å²) >= 11 is 0.832. The van der Waals surface area contributed by atoms with Gasteiger partial charge in [-0.3, -0.25) is 29.4 Å². The fourth-order valence-corrected chi connectivity index (χ4v) is 5.61. The van der Waals surface area contributed by atoms with Crippen LogP contribution in [0.15, 0.2) is 71.6 Å². The number of methoxy groups -OCH3 is 1. The van der Waals surface area contributed by atoms with Crippen molar-refractivity contribution in [1.29, 1.82) is 0 Å². The fourth-order valence-electron chi connectivity index (χ4n) is 4.77. The topological polar surface area (TPSA) is 119 Å². The van der Waals surface area contributed by atoms with Crippen molar-refractivity contribution >= 4 is 40.6 Å². The van der Waals surface area contributed by atoms with E-state index in [0.29, 0.717) is 28.2 Å². The molecule has 216 valence electrons. The van der Waals surface area contributed by atoms with E-state index in [1.807, 2.05) is 29.2 Å². The molecule has 0 bridgehead atoms. The smallest absolute Gasteiger partial charge is 0.293 e. The molecule has 0 saturated carbocycles. The first-order chi connectivity index (χ1) is 20.3. The summed E-state index contributed by atoms with van der Waals surface area (Å²) in [4.78, 5) is 51.9. The first kappa shape index (κ1) is 28.9. The van der Waals surface area contributed by atoms with Gasteiger partial charge in [-0.05, 0) is 78.1 Å². The van der Waals surface area contributed by atoms with E-state index in [1.165, 1.54) is 37.8 Å². The number of rotatable bonds is 9. The average molecular weight is 588 g/mol. The molecule has 42 heavy (non-hydrogen) atoms. The molecule has 3 amide bonds. The molecule has 0 radical (unpaired) electrons. The van der Waals surface area contributed by atoms with E-state index in [4.69, 9.17) is 9.47 Å². The van der Waals surface area contributed by atoms with E-state index in [1.54, 1.807) is 24.3 Å². The van der Waals surface area contributed by atoms with Crippen molar-refractivity contribution in [2.24, 2.45) is 0 Å². The Morgan fingerprint density at radius 1 is 0.952 bits per heavy atom. The molecule has 0 aliphatic carbocycles. The fraction of sp³-hybridized carbons (Fsp3) is 0.258. The number of hydrogen-bond acceptors (Lipinski definition) is 8. The monoisotopic (exact) mass is 587 g/mol. The highest BCUT2D eigenvalue weighted by atomic mass is 32.2. The van der Waals surface area contributed by atoms with Crippen LogP contribution in [0.5, 0.6) is 11.5 Å². The Kier molecular flexibility index (Phi) is 8.87. The molecule has 2 heterocycles. The van der Waals surface area contributed by atoms with E-state index >= 15 is 0 Å². The second kappa shape index (κ2) is 12.9. The number of ether oxygens (including phenoxy) is 2. The molecule has 3 aromatic rings. The number of benzene rings is 3. The molecule has 5 rings (SSSR count). The van der Waals surface area contributed by atoms with Gasteiger partial charge in [0, 0.05) is 30.8 Å². The molecule has 2 fully saturated rings. The normalized spacial score (nSPS) is 16.2. The number of piperidine rings is 1. The Labute approximate surface area is 247 Å². The lowest BCUT2D eigenvalue weighted by atomic mass is 10.1. The van der Waals surface area contributed by atoms with Crippen LogP contribution in [-0.2, 0) is 17.9 Å². The first-order valence-electron chi connectivity index (χ1n) is 13.5. The summed E-state index contributed by atoms with van der Waals surface area (Å²) < 4.78 is 11.5. The van der Waals surface area contributed by atoms with Gasteiger partial charge in [-0.25, -0.2) is 0 Å². The van der Waals surface area contributed by atoms with Crippen molar-refractivity contribution in [2.75, 3.05) is 20.2 Å². The van der Waals surface area contributed by atoms with Gasteiger partial charge < -0.3 is 14.4 Å². The molecular formula is C31H29N3O7S.